The third-order valence-corrected chi connectivity index (χ3v) is 5.47. The van der Waals surface area contributed by atoms with Crippen LogP contribution in [0.1, 0.15) is 47.0 Å². The summed E-state index contributed by atoms with van der Waals surface area (Å²) >= 11 is 0. The van der Waals surface area contributed by atoms with Crippen molar-refractivity contribution in [1.82, 2.24) is 20.4 Å². The Labute approximate surface area is 160 Å². The summed E-state index contributed by atoms with van der Waals surface area (Å²) in [4.78, 5) is 10.00. The first-order valence-electron chi connectivity index (χ1n) is 10.6. The Morgan fingerprint density at radius 3 is 2.42 bits per heavy atom. The molecule has 0 aromatic rings. The lowest BCUT2D eigenvalue weighted by Crippen LogP contribution is -2.50. The van der Waals surface area contributed by atoms with Crippen molar-refractivity contribution in [3.8, 4) is 0 Å². The maximum Gasteiger partial charge on any atom is 0.191 e. The minimum atomic E-state index is 0.127. The van der Waals surface area contributed by atoms with Crippen molar-refractivity contribution in [3.63, 3.8) is 0 Å². The quantitative estimate of drug-likeness (QED) is 0.506. The van der Waals surface area contributed by atoms with Gasteiger partial charge in [0.25, 0.3) is 0 Å². The molecule has 2 aliphatic rings. The van der Waals surface area contributed by atoms with E-state index in [-0.39, 0.29) is 5.54 Å². The smallest absolute Gasteiger partial charge is 0.191 e. The Balaban J connectivity index is 1.79. The van der Waals surface area contributed by atoms with E-state index in [0.717, 1.165) is 58.4 Å². The van der Waals surface area contributed by atoms with Crippen LogP contribution in [-0.4, -0.2) is 86.9 Å². The summed E-state index contributed by atoms with van der Waals surface area (Å²) in [5.41, 5.74) is 0.127. The van der Waals surface area contributed by atoms with Crippen molar-refractivity contribution >= 4 is 5.96 Å². The van der Waals surface area contributed by atoms with Gasteiger partial charge in [0.2, 0.25) is 0 Å². The van der Waals surface area contributed by atoms with Crippen LogP contribution in [0.15, 0.2) is 4.99 Å². The number of guanidine groups is 1. The molecule has 152 valence electrons. The topological polar surface area (TPSA) is 52.1 Å². The highest BCUT2D eigenvalue weighted by atomic mass is 16.5. The number of aliphatic imine (C=N–C) groups is 1. The molecule has 6 nitrogen and oxygen atoms in total. The lowest BCUT2D eigenvalue weighted by molar-refractivity contribution is 0.0320. The van der Waals surface area contributed by atoms with Gasteiger partial charge in [-0.2, -0.15) is 0 Å². The van der Waals surface area contributed by atoms with Gasteiger partial charge in [0, 0.05) is 38.3 Å². The SMILES string of the molecule is CCNC(=NCC(C)(C)N1CCCCC1)NCC(C)CN1CCOCC1. The summed E-state index contributed by atoms with van der Waals surface area (Å²) in [6.45, 7) is 19.2. The number of nitrogens with zero attached hydrogens (tertiary/aromatic N) is 3. The second-order valence-corrected chi connectivity index (χ2v) is 8.45. The van der Waals surface area contributed by atoms with Gasteiger partial charge in [0.15, 0.2) is 5.96 Å². The molecule has 0 amide bonds. The van der Waals surface area contributed by atoms with Crippen LogP contribution in [0, 0.1) is 5.92 Å². The summed E-state index contributed by atoms with van der Waals surface area (Å²) in [5, 5.41) is 6.95. The molecule has 0 radical (unpaired) electrons. The fourth-order valence-electron chi connectivity index (χ4n) is 3.77. The zero-order chi connectivity index (χ0) is 18.8. The Morgan fingerprint density at radius 1 is 1.08 bits per heavy atom. The molecule has 2 N–H and O–H groups in total. The van der Waals surface area contributed by atoms with Gasteiger partial charge in [-0.25, -0.2) is 0 Å². The highest BCUT2D eigenvalue weighted by molar-refractivity contribution is 5.79. The third kappa shape index (κ3) is 7.41. The second kappa shape index (κ2) is 11.1. The summed E-state index contributed by atoms with van der Waals surface area (Å²) in [6, 6.07) is 0. The lowest BCUT2D eigenvalue weighted by atomic mass is 9.99. The van der Waals surface area contributed by atoms with Crippen molar-refractivity contribution < 1.29 is 4.74 Å². The minimum absolute atomic E-state index is 0.127. The second-order valence-electron chi connectivity index (χ2n) is 8.45. The molecule has 2 heterocycles. The van der Waals surface area contributed by atoms with E-state index >= 15 is 0 Å². The Hall–Kier alpha value is -0.850. The van der Waals surface area contributed by atoms with Gasteiger partial charge in [-0.05, 0) is 52.6 Å². The number of morpholine rings is 1. The number of ether oxygens (including phenoxy) is 1. The molecule has 2 saturated heterocycles. The lowest BCUT2D eigenvalue weighted by Gasteiger charge is -2.40. The van der Waals surface area contributed by atoms with Gasteiger partial charge >= 0.3 is 0 Å². The molecule has 2 aliphatic heterocycles. The molecule has 1 atom stereocenters. The van der Waals surface area contributed by atoms with E-state index < -0.39 is 0 Å². The first-order chi connectivity index (χ1) is 12.5. The van der Waals surface area contributed by atoms with Crippen LogP contribution in [0.4, 0.5) is 0 Å². The number of nitrogens with one attached hydrogen (secondary N) is 2. The minimum Gasteiger partial charge on any atom is -0.379 e. The molecular weight excluding hydrogens is 326 g/mol. The molecule has 0 aromatic heterocycles. The Bertz CT molecular complexity index is 414. The first kappa shape index (κ1) is 21.5. The summed E-state index contributed by atoms with van der Waals surface area (Å²) in [7, 11) is 0. The average Bonchev–Trinajstić information content (AvgIpc) is 2.65. The van der Waals surface area contributed by atoms with Crippen LogP contribution in [0.5, 0.6) is 0 Å². The highest BCUT2D eigenvalue weighted by Gasteiger charge is 2.27. The van der Waals surface area contributed by atoms with Crippen LogP contribution in [0.3, 0.4) is 0 Å². The molecule has 6 heteroatoms. The van der Waals surface area contributed by atoms with Crippen LogP contribution in [-0.2, 0) is 4.74 Å². The first-order valence-corrected chi connectivity index (χ1v) is 10.6. The highest BCUT2D eigenvalue weighted by Crippen LogP contribution is 2.20. The van der Waals surface area contributed by atoms with Gasteiger partial charge in [-0.15, -0.1) is 0 Å². The molecule has 0 saturated carbocycles. The molecule has 0 aliphatic carbocycles. The number of hydrogen-bond donors (Lipinski definition) is 2. The molecule has 0 aromatic carbocycles. The van der Waals surface area contributed by atoms with Gasteiger partial charge in [-0.3, -0.25) is 14.8 Å². The summed E-state index contributed by atoms with van der Waals surface area (Å²) < 4.78 is 5.43. The molecule has 26 heavy (non-hydrogen) atoms. The van der Waals surface area contributed by atoms with E-state index in [2.05, 4.69) is 48.1 Å². The van der Waals surface area contributed by atoms with E-state index in [1.165, 1.54) is 32.4 Å². The number of piperidine rings is 1. The van der Waals surface area contributed by atoms with Gasteiger partial charge < -0.3 is 15.4 Å². The van der Waals surface area contributed by atoms with Gasteiger partial charge in [-0.1, -0.05) is 13.3 Å². The van der Waals surface area contributed by atoms with E-state index in [1.807, 2.05) is 0 Å². The molecule has 0 bridgehead atoms. The Kier molecular flexibility index (Phi) is 9.16. The van der Waals surface area contributed by atoms with Crippen LogP contribution in [0.25, 0.3) is 0 Å². The monoisotopic (exact) mass is 367 g/mol. The normalized spacial score (nSPS) is 22.2. The standard InChI is InChI=1S/C20H41N5O/c1-5-21-19(22-15-18(2)16-24-11-13-26-14-12-24)23-17-20(3,4)25-9-7-6-8-10-25/h18H,5-17H2,1-4H3,(H2,21,22,23). The van der Waals surface area contributed by atoms with Gasteiger partial charge in [0.05, 0.1) is 19.8 Å². The largest absolute Gasteiger partial charge is 0.379 e. The fourth-order valence-corrected chi connectivity index (χ4v) is 3.77. The Morgan fingerprint density at radius 2 is 1.77 bits per heavy atom. The van der Waals surface area contributed by atoms with Gasteiger partial charge in [0.1, 0.15) is 0 Å². The van der Waals surface area contributed by atoms with Crippen molar-refractivity contribution in [2.75, 3.05) is 65.6 Å². The predicted molar refractivity (Wildman–Crippen MR) is 110 cm³/mol. The van der Waals surface area contributed by atoms with E-state index in [1.54, 1.807) is 0 Å². The molecule has 2 rings (SSSR count). The molecule has 1 unspecified atom stereocenters. The summed E-state index contributed by atoms with van der Waals surface area (Å²) in [5.74, 6) is 1.54. The maximum atomic E-state index is 5.43. The zero-order valence-electron chi connectivity index (χ0n) is 17.5. The fraction of sp³-hybridized carbons (Fsp3) is 0.950. The summed E-state index contributed by atoms with van der Waals surface area (Å²) in [6.07, 6.45) is 4.02. The van der Waals surface area contributed by atoms with Crippen LogP contribution >= 0.6 is 0 Å². The third-order valence-electron chi connectivity index (χ3n) is 5.47. The van der Waals surface area contributed by atoms with Crippen LogP contribution in [0.2, 0.25) is 0 Å². The van der Waals surface area contributed by atoms with Crippen molar-refractivity contribution in [2.45, 2.75) is 52.5 Å². The predicted octanol–water partition coefficient (Wildman–Crippen LogP) is 1.77. The average molecular weight is 368 g/mol. The maximum absolute atomic E-state index is 5.43. The number of likely N-dealkylation sites (tertiary alicyclic amines) is 1. The van der Waals surface area contributed by atoms with Crippen molar-refractivity contribution in [1.29, 1.82) is 0 Å². The van der Waals surface area contributed by atoms with E-state index in [0.29, 0.717) is 5.92 Å². The molecular formula is C20H41N5O. The van der Waals surface area contributed by atoms with Crippen molar-refractivity contribution in [2.24, 2.45) is 10.9 Å². The molecule has 2 fully saturated rings. The number of rotatable bonds is 8. The van der Waals surface area contributed by atoms with E-state index in [9.17, 15) is 0 Å². The molecule has 0 spiro atoms. The van der Waals surface area contributed by atoms with Crippen molar-refractivity contribution in [3.05, 3.63) is 0 Å². The zero-order valence-corrected chi connectivity index (χ0v) is 17.5. The van der Waals surface area contributed by atoms with Crippen LogP contribution < -0.4 is 10.6 Å². The number of hydrogen-bond acceptors (Lipinski definition) is 4. The van der Waals surface area contributed by atoms with E-state index in [4.69, 9.17) is 9.73 Å².